The van der Waals surface area contributed by atoms with Gasteiger partial charge in [-0.2, -0.15) is 15.0 Å². The van der Waals surface area contributed by atoms with Gasteiger partial charge in [0.25, 0.3) is 5.56 Å². The van der Waals surface area contributed by atoms with E-state index in [9.17, 15) is 4.79 Å². The second kappa shape index (κ2) is 8.74. The molecule has 0 aliphatic carbocycles. The average molecular weight is 441 g/mol. The number of pyridine rings is 1. The van der Waals surface area contributed by atoms with Crippen LogP contribution in [0.25, 0.3) is 5.69 Å². The molecule has 0 spiro atoms. The minimum atomic E-state index is -0.386. The van der Waals surface area contributed by atoms with Crippen molar-refractivity contribution in [1.29, 1.82) is 5.26 Å². The van der Waals surface area contributed by atoms with Gasteiger partial charge in [-0.25, -0.2) is 4.98 Å². The highest BCUT2D eigenvalue weighted by Crippen LogP contribution is 2.23. The van der Waals surface area contributed by atoms with Gasteiger partial charge in [0.15, 0.2) is 0 Å². The van der Waals surface area contributed by atoms with Crippen LogP contribution in [0.4, 0.5) is 11.5 Å². The molecule has 1 N–H and O–H groups in total. The zero-order valence-corrected chi connectivity index (χ0v) is 17.4. The third-order valence-electron chi connectivity index (χ3n) is 5.05. The Labute approximate surface area is 183 Å². The molecule has 7 nitrogen and oxygen atoms in total. The predicted molar refractivity (Wildman–Crippen MR) is 118 cm³/mol. The lowest BCUT2D eigenvalue weighted by Crippen LogP contribution is -2.39. The van der Waals surface area contributed by atoms with Crippen molar-refractivity contribution >= 4 is 34.7 Å². The van der Waals surface area contributed by atoms with Gasteiger partial charge >= 0.3 is 0 Å². The maximum atomic E-state index is 12.7. The van der Waals surface area contributed by atoms with Crippen LogP contribution < -0.4 is 15.8 Å². The van der Waals surface area contributed by atoms with Gasteiger partial charge in [0.1, 0.15) is 16.9 Å². The highest BCUT2D eigenvalue weighted by Gasteiger charge is 2.22. The quantitative estimate of drug-likeness (QED) is 0.661. The zero-order valence-electron chi connectivity index (χ0n) is 15.9. The molecule has 3 heterocycles. The summed E-state index contributed by atoms with van der Waals surface area (Å²) in [5, 5.41) is 17.2. The van der Waals surface area contributed by atoms with Gasteiger partial charge in [-0.15, -0.1) is 0 Å². The molecule has 0 saturated carbocycles. The first kappa shape index (κ1) is 20.2. The summed E-state index contributed by atoms with van der Waals surface area (Å²) in [7, 11) is 0. The highest BCUT2D eigenvalue weighted by atomic mass is 35.5. The number of aromatic nitrogens is 3. The molecule has 1 aliphatic heterocycles. The van der Waals surface area contributed by atoms with Crippen LogP contribution in [0.5, 0.6) is 0 Å². The van der Waals surface area contributed by atoms with Crippen LogP contribution in [0.15, 0.2) is 53.6 Å². The molecule has 0 unspecified atom stereocenters. The van der Waals surface area contributed by atoms with Gasteiger partial charge < -0.3 is 10.2 Å². The molecule has 1 aliphatic rings. The van der Waals surface area contributed by atoms with E-state index in [0.717, 1.165) is 31.7 Å². The van der Waals surface area contributed by atoms with E-state index in [4.69, 9.17) is 28.5 Å². The number of hydrogen-bond donors (Lipinski definition) is 1. The van der Waals surface area contributed by atoms with E-state index in [-0.39, 0.29) is 16.6 Å². The van der Waals surface area contributed by atoms with E-state index in [1.807, 2.05) is 6.07 Å². The van der Waals surface area contributed by atoms with E-state index in [0.29, 0.717) is 22.0 Å². The number of benzene rings is 1. The second-order valence-corrected chi connectivity index (χ2v) is 7.80. The van der Waals surface area contributed by atoms with Crippen molar-refractivity contribution in [2.24, 2.45) is 0 Å². The van der Waals surface area contributed by atoms with Gasteiger partial charge in [-0.3, -0.25) is 4.79 Å². The van der Waals surface area contributed by atoms with Crippen LogP contribution in [-0.4, -0.2) is 33.9 Å². The van der Waals surface area contributed by atoms with Crippen molar-refractivity contribution in [2.75, 3.05) is 23.3 Å². The Bertz CT molecular complexity index is 1130. The second-order valence-electron chi connectivity index (χ2n) is 6.99. The lowest BCUT2D eigenvalue weighted by Gasteiger charge is -2.33. The molecule has 152 valence electrons. The summed E-state index contributed by atoms with van der Waals surface area (Å²) < 4.78 is 1.25. The number of piperidine rings is 1. The van der Waals surface area contributed by atoms with Gasteiger partial charge in [0.05, 0.1) is 23.1 Å². The molecule has 1 saturated heterocycles. The predicted octanol–water partition coefficient (Wildman–Crippen LogP) is 3.89. The largest absolute Gasteiger partial charge is 0.380 e. The summed E-state index contributed by atoms with van der Waals surface area (Å²) in [5.41, 5.74) is 1.29. The molecule has 30 heavy (non-hydrogen) atoms. The fraction of sp³-hybridized carbons (Fsp3) is 0.238. The smallest absolute Gasteiger partial charge is 0.292 e. The number of rotatable bonds is 4. The van der Waals surface area contributed by atoms with Gasteiger partial charge in [0.2, 0.25) is 0 Å². The molecular weight excluding hydrogens is 423 g/mol. The highest BCUT2D eigenvalue weighted by molar-refractivity contribution is 6.33. The third-order valence-corrected chi connectivity index (χ3v) is 5.66. The SMILES string of the molecule is N#Cc1ccc(N2CCC(Nc3cnn(-c4ccc(Cl)cc4)c(=O)c3Cl)CC2)nc1. The Morgan fingerprint density at radius 3 is 2.43 bits per heavy atom. The molecule has 0 bridgehead atoms. The summed E-state index contributed by atoms with van der Waals surface area (Å²) in [6.07, 6.45) is 4.88. The summed E-state index contributed by atoms with van der Waals surface area (Å²) in [4.78, 5) is 19.2. The van der Waals surface area contributed by atoms with Crippen LogP contribution in [0.3, 0.4) is 0 Å². The first-order valence-electron chi connectivity index (χ1n) is 9.46. The van der Waals surface area contributed by atoms with Gasteiger partial charge in [-0.05, 0) is 49.2 Å². The molecule has 2 aromatic heterocycles. The maximum absolute atomic E-state index is 12.7. The molecular formula is C21H18Cl2N6O. The minimum absolute atomic E-state index is 0.108. The molecule has 0 atom stereocenters. The molecule has 9 heteroatoms. The van der Waals surface area contributed by atoms with E-state index in [1.54, 1.807) is 42.7 Å². The summed E-state index contributed by atoms with van der Waals surface area (Å²) in [6, 6.07) is 12.7. The minimum Gasteiger partial charge on any atom is -0.380 e. The molecule has 3 aromatic rings. The number of nitrogens with zero attached hydrogens (tertiary/aromatic N) is 5. The van der Waals surface area contributed by atoms with E-state index in [1.165, 1.54) is 4.68 Å². The first-order valence-corrected chi connectivity index (χ1v) is 10.2. The Hall–Kier alpha value is -3.08. The van der Waals surface area contributed by atoms with Crippen molar-refractivity contribution < 1.29 is 0 Å². The number of anilines is 2. The summed E-state index contributed by atoms with van der Waals surface area (Å²) in [6.45, 7) is 1.62. The summed E-state index contributed by atoms with van der Waals surface area (Å²) >= 11 is 12.2. The molecule has 1 aromatic carbocycles. The van der Waals surface area contributed by atoms with E-state index in [2.05, 4.69) is 26.4 Å². The number of halogens is 2. The monoisotopic (exact) mass is 440 g/mol. The average Bonchev–Trinajstić information content (AvgIpc) is 2.78. The van der Waals surface area contributed by atoms with Crippen molar-refractivity contribution in [3.63, 3.8) is 0 Å². The van der Waals surface area contributed by atoms with Gasteiger partial charge in [-0.1, -0.05) is 23.2 Å². The van der Waals surface area contributed by atoms with Crippen molar-refractivity contribution in [1.82, 2.24) is 14.8 Å². The lowest BCUT2D eigenvalue weighted by molar-refractivity contribution is 0.523. The fourth-order valence-electron chi connectivity index (χ4n) is 3.41. The Morgan fingerprint density at radius 2 is 1.80 bits per heavy atom. The first-order chi connectivity index (χ1) is 14.5. The normalized spacial score (nSPS) is 14.4. The molecule has 0 radical (unpaired) electrons. The summed E-state index contributed by atoms with van der Waals surface area (Å²) in [5.74, 6) is 0.859. The third kappa shape index (κ3) is 4.25. The van der Waals surface area contributed by atoms with Crippen LogP contribution in [-0.2, 0) is 0 Å². The number of hydrogen-bond acceptors (Lipinski definition) is 6. The number of nitriles is 1. The van der Waals surface area contributed by atoms with Crippen LogP contribution >= 0.6 is 23.2 Å². The van der Waals surface area contributed by atoms with Crippen LogP contribution in [0.2, 0.25) is 10.0 Å². The molecule has 1 fully saturated rings. The lowest BCUT2D eigenvalue weighted by atomic mass is 10.0. The van der Waals surface area contributed by atoms with Gasteiger partial charge in [0, 0.05) is 30.4 Å². The fourth-order valence-corrected chi connectivity index (χ4v) is 3.72. The van der Waals surface area contributed by atoms with Crippen molar-refractivity contribution in [3.8, 4) is 11.8 Å². The molecule has 4 rings (SSSR count). The maximum Gasteiger partial charge on any atom is 0.292 e. The number of nitrogens with one attached hydrogen (secondary N) is 1. The molecule has 0 amide bonds. The van der Waals surface area contributed by atoms with E-state index >= 15 is 0 Å². The Morgan fingerprint density at radius 1 is 1.07 bits per heavy atom. The van der Waals surface area contributed by atoms with E-state index < -0.39 is 0 Å². The van der Waals surface area contributed by atoms with Crippen molar-refractivity contribution in [2.45, 2.75) is 18.9 Å². The zero-order chi connectivity index (χ0) is 21.1. The van der Waals surface area contributed by atoms with Crippen molar-refractivity contribution in [3.05, 3.63) is 74.8 Å². The Kier molecular flexibility index (Phi) is 5.88. The topological polar surface area (TPSA) is 86.8 Å². The van der Waals surface area contributed by atoms with Crippen LogP contribution in [0.1, 0.15) is 18.4 Å². The standard InChI is InChI=1S/C21H18Cl2N6O/c22-15-2-4-17(5-3-15)29-21(30)20(23)18(13-26-29)27-16-7-9-28(10-8-16)19-6-1-14(11-24)12-25-19/h1-6,12-13,16,27H,7-10H2. The van der Waals surface area contributed by atoms with Crippen LogP contribution in [0, 0.1) is 11.3 Å². The Balaban J connectivity index is 1.42.